The summed E-state index contributed by atoms with van der Waals surface area (Å²) >= 11 is 0. The average Bonchev–Trinajstić information content (AvgIpc) is 3.20. The fourth-order valence-electron chi connectivity index (χ4n) is 4.39. The van der Waals surface area contributed by atoms with Gasteiger partial charge in [-0.1, -0.05) is 37.3 Å². The Kier molecular flexibility index (Phi) is 5.55. The Hall–Kier alpha value is -3.37. The SMILES string of the molecule is CCc1ccc(S(=O)(=O)N2CCC(Nc3nc(N)nc4c3CNN4)Cc3ccccc32)cc1. The number of nitrogen functional groups attached to an aromatic ring is 1. The van der Waals surface area contributed by atoms with Crippen molar-refractivity contribution in [3.8, 4) is 0 Å². The van der Waals surface area contributed by atoms with E-state index >= 15 is 0 Å². The number of hydrogen-bond acceptors (Lipinski definition) is 8. The second-order valence-electron chi connectivity index (χ2n) is 8.27. The topological polar surface area (TPSA) is 125 Å². The Bertz CT molecular complexity index is 1280. The number of nitrogens with one attached hydrogen (secondary N) is 3. The number of rotatable bonds is 5. The van der Waals surface area contributed by atoms with Crippen molar-refractivity contribution in [3.63, 3.8) is 0 Å². The molecule has 0 radical (unpaired) electrons. The van der Waals surface area contributed by atoms with Crippen molar-refractivity contribution in [2.75, 3.05) is 27.3 Å². The average molecular weight is 466 g/mol. The number of benzene rings is 2. The molecule has 3 aromatic rings. The zero-order valence-electron chi connectivity index (χ0n) is 18.4. The van der Waals surface area contributed by atoms with E-state index in [1.165, 1.54) is 4.31 Å². The lowest BCUT2D eigenvalue weighted by Crippen LogP contribution is -2.33. The number of fused-ring (bicyclic) bond motifs is 2. The minimum atomic E-state index is -3.70. The maximum atomic E-state index is 13.6. The number of hydrogen-bond donors (Lipinski definition) is 4. The number of aryl methyl sites for hydroxylation is 1. The van der Waals surface area contributed by atoms with E-state index in [1.54, 1.807) is 12.1 Å². The van der Waals surface area contributed by atoms with E-state index in [9.17, 15) is 8.42 Å². The first kappa shape index (κ1) is 21.5. The maximum absolute atomic E-state index is 13.6. The molecule has 9 nitrogen and oxygen atoms in total. The van der Waals surface area contributed by atoms with Gasteiger partial charge in [0.15, 0.2) is 5.82 Å². The molecule has 0 spiro atoms. The number of sulfonamides is 1. The number of para-hydroxylation sites is 1. The summed E-state index contributed by atoms with van der Waals surface area (Å²) < 4.78 is 28.8. The summed E-state index contributed by atoms with van der Waals surface area (Å²) in [7, 11) is -3.70. The van der Waals surface area contributed by atoms with Crippen LogP contribution in [-0.4, -0.2) is 31.0 Å². The molecule has 0 bridgehead atoms. The lowest BCUT2D eigenvalue weighted by molar-refractivity contribution is 0.587. The van der Waals surface area contributed by atoms with E-state index in [1.807, 2.05) is 36.4 Å². The number of nitrogens with two attached hydrogens (primary N) is 1. The van der Waals surface area contributed by atoms with E-state index < -0.39 is 10.0 Å². The smallest absolute Gasteiger partial charge is 0.264 e. The molecular formula is C23H27N7O2S. The molecule has 2 aliphatic heterocycles. The second kappa shape index (κ2) is 8.53. The van der Waals surface area contributed by atoms with Gasteiger partial charge in [0.05, 0.1) is 16.1 Å². The monoisotopic (exact) mass is 465 g/mol. The van der Waals surface area contributed by atoms with E-state index in [-0.39, 0.29) is 12.0 Å². The third kappa shape index (κ3) is 4.07. The molecule has 1 atom stereocenters. The van der Waals surface area contributed by atoms with Gasteiger partial charge in [0.2, 0.25) is 5.95 Å². The van der Waals surface area contributed by atoms with E-state index in [2.05, 4.69) is 33.1 Å². The van der Waals surface area contributed by atoms with Gasteiger partial charge in [-0.05, 0) is 48.6 Å². The molecule has 3 heterocycles. The predicted molar refractivity (Wildman–Crippen MR) is 129 cm³/mol. The van der Waals surface area contributed by atoms with Gasteiger partial charge in [-0.2, -0.15) is 9.97 Å². The summed E-state index contributed by atoms with van der Waals surface area (Å²) in [6.45, 7) is 2.98. The minimum Gasteiger partial charge on any atom is -0.368 e. The van der Waals surface area contributed by atoms with Crippen molar-refractivity contribution in [1.29, 1.82) is 0 Å². The molecule has 2 aliphatic rings. The van der Waals surface area contributed by atoms with Gasteiger partial charge >= 0.3 is 0 Å². The highest BCUT2D eigenvalue weighted by Gasteiger charge is 2.31. The molecule has 172 valence electrons. The molecule has 5 N–H and O–H groups in total. The normalized spacial score (nSPS) is 17.6. The van der Waals surface area contributed by atoms with E-state index in [4.69, 9.17) is 5.73 Å². The van der Waals surface area contributed by atoms with Crippen molar-refractivity contribution in [1.82, 2.24) is 15.4 Å². The highest BCUT2D eigenvalue weighted by atomic mass is 32.2. The molecule has 0 aliphatic carbocycles. The van der Waals surface area contributed by atoms with Crippen LogP contribution < -0.4 is 26.2 Å². The lowest BCUT2D eigenvalue weighted by Gasteiger charge is -2.24. The van der Waals surface area contributed by atoms with Gasteiger partial charge in [0.25, 0.3) is 10.0 Å². The fraction of sp³-hybridized carbons (Fsp3) is 0.304. The van der Waals surface area contributed by atoms with Crippen molar-refractivity contribution < 1.29 is 8.42 Å². The van der Waals surface area contributed by atoms with Crippen LogP contribution in [-0.2, 0) is 29.4 Å². The minimum absolute atomic E-state index is 0.0205. The van der Waals surface area contributed by atoms with Crippen LogP contribution in [0.15, 0.2) is 53.4 Å². The summed E-state index contributed by atoms with van der Waals surface area (Å²) in [5.74, 6) is 1.52. The highest BCUT2D eigenvalue weighted by Crippen LogP contribution is 2.33. The quantitative estimate of drug-likeness (QED) is 0.453. The Labute approximate surface area is 193 Å². The Balaban J connectivity index is 1.46. The van der Waals surface area contributed by atoms with E-state index in [0.29, 0.717) is 42.5 Å². The third-order valence-corrected chi connectivity index (χ3v) is 7.99. The zero-order chi connectivity index (χ0) is 23.0. The highest BCUT2D eigenvalue weighted by molar-refractivity contribution is 7.92. The molecule has 0 saturated carbocycles. The molecule has 2 aromatic carbocycles. The summed E-state index contributed by atoms with van der Waals surface area (Å²) in [5, 5.41) is 3.50. The zero-order valence-corrected chi connectivity index (χ0v) is 19.2. The molecule has 33 heavy (non-hydrogen) atoms. The van der Waals surface area contributed by atoms with Gasteiger partial charge in [-0.15, -0.1) is 0 Å². The van der Waals surface area contributed by atoms with Gasteiger partial charge in [-0.25, -0.2) is 13.8 Å². The summed E-state index contributed by atoms with van der Waals surface area (Å²) in [6, 6.07) is 14.8. The first-order valence-electron chi connectivity index (χ1n) is 11.1. The van der Waals surface area contributed by atoms with Gasteiger partial charge < -0.3 is 16.5 Å². The molecule has 1 unspecified atom stereocenters. The van der Waals surface area contributed by atoms with Crippen LogP contribution >= 0.6 is 0 Å². The molecule has 0 fully saturated rings. The summed E-state index contributed by atoms with van der Waals surface area (Å²) in [4.78, 5) is 8.92. The van der Waals surface area contributed by atoms with Crippen LogP contribution in [0.2, 0.25) is 0 Å². The van der Waals surface area contributed by atoms with E-state index in [0.717, 1.165) is 28.8 Å². The molecule has 1 aromatic heterocycles. The van der Waals surface area contributed by atoms with Crippen LogP contribution in [0, 0.1) is 0 Å². The fourth-order valence-corrected chi connectivity index (χ4v) is 5.90. The van der Waals surface area contributed by atoms with Gasteiger partial charge in [-0.3, -0.25) is 4.31 Å². The first-order chi connectivity index (χ1) is 16.0. The van der Waals surface area contributed by atoms with Crippen LogP contribution in [0.3, 0.4) is 0 Å². The standard InChI is InChI=1S/C23H27N7O2S/c1-2-15-7-9-18(10-8-15)33(31,32)30-12-11-17(13-16-5-3-4-6-20(16)30)26-21-19-14-25-29-22(19)28-23(24)27-21/h3-10,17,25H,2,11-14H2,1H3,(H4,24,26,27,28,29). The Morgan fingerprint density at radius 1 is 1.15 bits per heavy atom. The summed E-state index contributed by atoms with van der Waals surface area (Å²) in [6.07, 6.45) is 2.14. The lowest BCUT2D eigenvalue weighted by atomic mass is 10.0. The first-order valence-corrected chi connectivity index (χ1v) is 12.5. The van der Waals surface area contributed by atoms with Crippen molar-refractivity contribution in [2.24, 2.45) is 0 Å². The predicted octanol–water partition coefficient (Wildman–Crippen LogP) is 2.67. The summed E-state index contributed by atoms with van der Waals surface area (Å²) in [5.41, 5.74) is 15.6. The van der Waals surface area contributed by atoms with Crippen molar-refractivity contribution >= 4 is 33.3 Å². The molecule has 0 amide bonds. The molecule has 5 rings (SSSR count). The number of nitrogens with zero attached hydrogens (tertiary/aromatic N) is 3. The van der Waals surface area contributed by atoms with Crippen LogP contribution in [0.5, 0.6) is 0 Å². The Morgan fingerprint density at radius 3 is 2.73 bits per heavy atom. The van der Waals surface area contributed by atoms with Crippen molar-refractivity contribution in [2.45, 2.75) is 43.7 Å². The van der Waals surface area contributed by atoms with Gasteiger partial charge in [0, 0.05) is 19.1 Å². The molecular weight excluding hydrogens is 438 g/mol. The largest absolute Gasteiger partial charge is 0.368 e. The maximum Gasteiger partial charge on any atom is 0.264 e. The number of aromatic nitrogens is 2. The van der Waals surface area contributed by atoms with Crippen LogP contribution in [0.1, 0.15) is 30.0 Å². The van der Waals surface area contributed by atoms with Gasteiger partial charge in [0.1, 0.15) is 5.82 Å². The second-order valence-corrected chi connectivity index (χ2v) is 10.1. The van der Waals surface area contributed by atoms with Crippen LogP contribution in [0.25, 0.3) is 0 Å². The van der Waals surface area contributed by atoms with Crippen LogP contribution in [0.4, 0.5) is 23.3 Å². The molecule has 10 heteroatoms. The number of anilines is 4. The molecule has 0 saturated heterocycles. The Morgan fingerprint density at radius 2 is 1.94 bits per heavy atom. The van der Waals surface area contributed by atoms with Crippen molar-refractivity contribution in [3.05, 3.63) is 65.2 Å². The third-order valence-electron chi connectivity index (χ3n) is 6.16. The number of hydrazine groups is 1.